The topological polar surface area (TPSA) is 0 Å². The second-order valence-electron chi connectivity index (χ2n) is 3.42. The van der Waals surface area contributed by atoms with E-state index in [2.05, 4.69) is 19.9 Å². The van der Waals surface area contributed by atoms with Crippen molar-refractivity contribution in [3.63, 3.8) is 0 Å². The van der Waals surface area contributed by atoms with E-state index in [-0.39, 0.29) is 0 Å². The highest BCUT2D eigenvalue weighted by Gasteiger charge is 2.44. The van der Waals surface area contributed by atoms with Crippen LogP contribution >= 0.6 is 0 Å². The highest BCUT2D eigenvalue weighted by atomic mass is 14.5. The van der Waals surface area contributed by atoms with Crippen molar-refractivity contribution in [2.45, 2.75) is 26.7 Å². The Hall–Kier alpha value is -0.260. The summed E-state index contributed by atoms with van der Waals surface area (Å²) in [7, 11) is 0. The van der Waals surface area contributed by atoms with Crippen LogP contribution in [-0.4, -0.2) is 0 Å². The van der Waals surface area contributed by atoms with E-state index in [0.717, 1.165) is 17.8 Å². The van der Waals surface area contributed by atoms with E-state index in [1.54, 1.807) is 5.57 Å². The van der Waals surface area contributed by atoms with Gasteiger partial charge in [-0.15, -0.1) is 0 Å². The Kier molecular flexibility index (Phi) is 0.992. The summed E-state index contributed by atoms with van der Waals surface area (Å²) in [6, 6.07) is 0. The van der Waals surface area contributed by atoms with Crippen LogP contribution in [-0.2, 0) is 0 Å². The SMILES string of the molecule is CCC1C2=CCC2C1C. The second kappa shape index (κ2) is 1.62. The fraction of sp³-hybridized carbons (Fsp3) is 0.778. The smallest absolute Gasteiger partial charge is 0.0134 e. The molecule has 0 bridgehead atoms. The molecule has 0 aromatic carbocycles. The molecule has 0 saturated heterocycles. The molecule has 2 aliphatic carbocycles. The molecule has 0 spiro atoms. The lowest BCUT2D eigenvalue weighted by Gasteiger charge is -2.51. The van der Waals surface area contributed by atoms with Gasteiger partial charge in [-0.25, -0.2) is 0 Å². The third-order valence-electron chi connectivity index (χ3n) is 3.17. The Morgan fingerprint density at radius 3 is 2.67 bits per heavy atom. The maximum absolute atomic E-state index is 2.43. The predicted octanol–water partition coefficient (Wildman–Crippen LogP) is 2.61. The van der Waals surface area contributed by atoms with Crippen LogP contribution in [0.4, 0.5) is 0 Å². The third-order valence-corrected chi connectivity index (χ3v) is 3.17. The highest BCUT2D eigenvalue weighted by Crippen LogP contribution is 2.54. The van der Waals surface area contributed by atoms with Gasteiger partial charge in [0.25, 0.3) is 0 Å². The zero-order valence-electron chi connectivity index (χ0n) is 6.22. The minimum atomic E-state index is 0.976. The summed E-state index contributed by atoms with van der Waals surface area (Å²) in [5.41, 5.74) is 1.78. The van der Waals surface area contributed by atoms with Crippen molar-refractivity contribution >= 4 is 0 Å². The molecule has 1 saturated carbocycles. The fourth-order valence-electron chi connectivity index (χ4n) is 2.41. The van der Waals surface area contributed by atoms with Crippen LogP contribution in [0, 0.1) is 17.8 Å². The Bertz CT molecular complexity index is 155. The molecule has 3 unspecified atom stereocenters. The molecule has 3 atom stereocenters. The van der Waals surface area contributed by atoms with Gasteiger partial charge in [-0.2, -0.15) is 0 Å². The Morgan fingerprint density at radius 1 is 1.67 bits per heavy atom. The van der Waals surface area contributed by atoms with E-state index >= 15 is 0 Å². The van der Waals surface area contributed by atoms with Crippen molar-refractivity contribution < 1.29 is 0 Å². The number of fused-ring (bicyclic) bond motifs is 1. The summed E-state index contributed by atoms with van der Waals surface area (Å²) in [6.45, 7) is 4.70. The average molecular weight is 122 g/mol. The highest BCUT2D eigenvalue weighted by molar-refractivity contribution is 5.31. The summed E-state index contributed by atoms with van der Waals surface area (Å²) in [6.07, 6.45) is 5.18. The molecular formula is C9H14. The van der Waals surface area contributed by atoms with Crippen LogP contribution in [0.3, 0.4) is 0 Å². The van der Waals surface area contributed by atoms with E-state index in [1.807, 2.05) is 0 Å². The van der Waals surface area contributed by atoms with Crippen molar-refractivity contribution in [2.75, 3.05) is 0 Å². The zero-order chi connectivity index (χ0) is 6.43. The Morgan fingerprint density at radius 2 is 2.44 bits per heavy atom. The van der Waals surface area contributed by atoms with Crippen molar-refractivity contribution in [2.24, 2.45) is 17.8 Å². The average Bonchev–Trinajstić information content (AvgIpc) is 1.79. The number of allylic oxidation sites excluding steroid dienone is 2. The molecule has 0 nitrogen and oxygen atoms in total. The number of hydrogen-bond donors (Lipinski definition) is 0. The van der Waals surface area contributed by atoms with Crippen molar-refractivity contribution in [3.05, 3.63) is 11.6 Å². The largest absolute Gasteiger partial charge is 0.0841 e. The quantitative estimate of drug-likeness (QED) is 0.469. The summed E-state index contributed by atoms with van der Waals surface area (Å²) >= 11 is 0. The van der Waals surface area contributed by atoms with E-state index < -0.39 is 0 Å². The molecule has 0 aromatic rings. The second-order valence-corrected chi connectivity index (χ2v) is 3.42. The lowest BCUT2D eigenvalue weighted by atomic mass is 9.54. The number of rotatable bonds is 1. The van der Waals surface area contributed by atoms with Gasteiger partial charge in [0.05, 0.1) is 0 Å². The maximum atomic E-state index is 2.43. The molecule has 0 heteroatoms. The standard InChI is InChI=1S/C9H14/c1-3-7-6(2)8-4-5-9(7)8/h5-8H,3-4H2,1-2H3. The first kappa shape index (κ1) is 5.52. The monoisotopic (exact) mass is 122 g/mol. The summed E-state index contributed by atoms with van der Waals surface area (Å²) < 4.78 is 0. The minimum absolute atomic E-state index is 0.976. The molecule has 0 aromatic heterocycles. The first-order chi connectivity index (χ1) is 4.34. The normalized spacial score (nSPS) is 46.4. The summed E-state index contributed by atoms with van der Waals surface area (Å²) in [5.74, 6) is 3.01. The van der Waals surface area contributed by atoms with Gasteiger partial charge in [-0.1, -0.05) is 25.5 Å². The van der Waals surface area contributed by atoms with Crippen LogP contribution in [0.1, 0.15) is 26.7 Å². The van der Waals surface area contributed by atoms with Crippen molar-refractivity contribution in [3.8, 4) is 0 Å². The zero-order valence-corrected chi connectivity index (χ0v) is 6.22. The van der Waals surface area contributed by atoms with E-state index in [0.29, 0.717) is 0 Å². The van der Waals surface area contributed by atoms with Gasteiger partial charge in [-0.3, -0.25) is 0 Å². The van der Waals surface area contributed by atoms with Gasteiger partial charge in [0, 0.05) is 0 Å². The molecule has 0 radical (unpaired) electrons. The Balaban J connectivity index is 2.10. The molecule has 0 amide bonds. The van der Waals surface area contributed by atoms with E-state index in [1.165, 1.54) is 12.8 Å². The molecule has 2 rings (SSSR count). The summed E-state index contributed by atoms with van der Waals surface area (Å²) in [5, 5.41) is 0. The van der Waals surface area contributed by atoms with Crippen molar-refractivity contribution in [1.29, 1.82) is 0 Å². The van der Waals surface area contributed by atoms with Gasteiger partial charge in [0.2, 0.25) is 0 Å². The van der Waals surface area contributed by atoms with E-state index in [4.69, 9.17) is 0 Å². The van der Waals surface area contributed by atoms with Gasteiger partial charge >= 0.3 is 0 Å². The first-order valence-corrected chi connectivity index (χ1v) is 4.04. The van der Waals surface area contributed by atoms with Crippen LogP contribution in [0.25, 0.3) is 0 Å². The van der Waals surface area contributed by atoms with Gasteiger partial charge in [0.15, 0.2) is 0 Å². The predicted molar refractivity (Wildman–Crippen MR) is 39.1 cm³/mol. The van der Waals surface area contributed by atoms with E-state index in [9.17, 15) is 0 Å². The maximum Gasteiger partial charge on any atom is -0.0134 e. The lowest BCUT2D eigenvalue weighted by molar-refractivity contribution is 0.157. The minimum Gasteiger partial charge on any atom is -0.0841 e. The van der Waals surface area contributed by atoms with Crippen LogP contribution in [0.2, 0.25) is 0 Å². The molecule has 0 aliphatic heterocycles. The third kappa shape index (κ3) is 0.493. The Labute approximate surface area is 57.0 Å². The first-order valence-electron chi connectivity index (χ1n) is 4.04. The molecule has 9 heavy (non-hydrogen) atoms. The van der Waals surface area contributed by atoms with Crippen LogP contribution < -0.4 is 0 Å². The molecular weight excluding hydrogens is 108 g/mol. The molecule has 0 heterocycles. The number of hydrogen-bond acceptors (Lipinski definition) is 0. The van der Waals surface area contributed by atoms with Crippen LogP contribution in [0.5, 0.6) is 0 Å². The molecule has 50 valence electrons. The molecule has 1 fully saturated rings. The van der Waals surface area contributed by atoms with Gasteiger partial charge < -0.3 is 0 Å². The fourth-order valence-corrected chi connectivity index (χ4v) is 2.41. The lowest BCUT2D eigenvalue weighted by Crippen LogP contribution is -2.41. The van der Waals surface area contributed by atoms with Gasteiger partial charge in [0.1, 0.15) is 0 Å². The van der Waals surface area contributed by atoms with Gasteiger partial charge in [-0.05, 0) is 30.6 Å². The molecule has 2 aliphatic rings. The van der Waals surface area contributed by atoms with Crippen molar-refractivity contribution in [1.82, 2.24) is 0 Å². The molecule has 0 N–H and O–H groups in total. The summed E-state index contributed by atoms with van der Waals surface area (Å²) in [4.78, 5) is 0. The van der Waals surface area contributed by atoms with Crippen LogP contribution in [0.15, 0.2) is 11.6 Å².